The SMILES string of the molecule is Cc1ccc(C#N)cc1.O=[N+]([O-])c1cccc([N+](=O)[O-])c1. The molecule has 2 rings (SSSR count). The minimum Gasteiger partial charge on any atom is -0.258 e. The normalized spacial score (nSPS) is 8.95. The molecule has 0 radical (unpaired) electrons. The molecule has 7 nitrogen and oxygen atoms in total. The summed E-state index contributed by atoms with van der Waals surface area (Å²) in [4.78, 5) is 19.0. The molecule has 0 saturated heterocycles. The Hall–Kier alpha value is -3.27. The third-order valence-corrected chi connectivity index (χ3v) is 2.43. The smallest absolute Gasteiger partial charge is 0.258 e. The second-order valence-corrected chi connectivity index (χ2v) is 4.01. The summed E-state index contributed by atoms with van der Waals surface area (Å²) in [7, 11) is 0. The minimum atomic E-state index is -0.674. The molecule has 0 heterocycles. The number of benzene rings is 2. The maximum Gasteiger partial charge on any atom is 0.276 e. The fourth-order valence-electron chi connectivity index (χ4n) is 1.35. The summed E-state index contributed by atoms with van der Waals surface area (Å²) in [6.45, 7) is 2.00. The van der Waals surface area contributed by atoms with Gasteiger partial charge in [0.25, 0.3) is 11.4 Å². The molecule has 106 valence electrons. The number of hydrogen-bond acceptors (Lipinski definition) is 5. The first kappa shape index (κ1) is 15.8. The van der Waals surface area contributed by atoms with E-state index in [4.69, 9.17) is 5.26 Å². The Balaban J connectivity index is 0.000000219. The Morgan fingerprint density at radius 3 is 1.81 bits per heavy atom. The number of non-ortho nitro benzene ring substituents is 2. The number of nitriles is 1. The first-order chi connectivity index (χ1) is 9.93. The highest BCUT2D eigenvalue weighted by molar-refractivity contribution is 5.42. The lowest BCUT2D eigenvalue weighted by molar-refractivity contribution is -0.394. The van der Waals surface area contributed by atoms with Gasteiger partial charge in [-0.2, -0.15) is 5.26 Å². The summed E-state index contributed by atoms with van der Waals surface area (Å²) >= 11 is 0. The van der Waals surface area contributed by atoms with Crippen LogP contribution in [0.3, 0.4) is 0 Å². The van der Waals surface area contributed by atoms with Gasteiger partial charge in [0, 0.05) is 12.1 Å². The van der Waals surface area contributed by atoms with E-state index in [0.29, 0.717) is 0 Å². The van der Waals surface area contributed by atoms with Crippen LogP contribution < -0.4 is 0 Å². The molecule has 0 fully saturated rings. The van der Waals surface area contributed by atoms with Crippen LogP contribution >= 0.6 is 0 Å². The lowest BCUT2D eigenvalue weighted by atomic mass is 10.2. The van der Waals surface area contributed by atoms with E-state index in [1.165, 1.54) is 23.8 Å². The van der Waals surface area contributed by atoms with Gasteiger partial charge in [-0.25, -0.2) is 0 Å². The second-order valence-electron chi connectivity index (χ2n) is 4.01. The third kappa shape index (κ3) is 5.08. The number of aryl methyl sites for hydroxylation is 1. The molecule has 21 heavy (non-hydrogen) atoms. The second kappa shape index (κ2) is 7.35. The van der Waals surface area contributed by atoms with Gasteiger partial charge < -0.3 is 0 Å². The van der Waals surface area contributed by atoms with E-state index in [1.807, 2.05) is 31.2 Å². The molecule has 0 spiro atoms. The van der Waals surface area contributed by atoms with Crippen LogP contribution in [0.25, 0.3) is 0 Å². The van der Waals surface area contributed by atoms with E-state index in [1.54, 1.807) is 0 Å². The summed E-state index contributed by atoms with van der Waals surface area (Å²) < 4.78 is 0. The van der Waals surface area contributed by atoms with Gasteiger partial charge in [-0.3, -0.25) is 20.2 Å². The Kier molecular flexibility index (Phi) is 5.53. The van der Waals surface area contributed by atoms with Gasteiger partial charge in [-0.1, -0.05) is 17.7 Å². The van der Waals surface area contributed by atoms with Crippen molar-refractivity contribution in [2.75, 3.05) is 0 Å². The molecule has 0 bridgehead atoms. The van der Waals surface area contributed by atoms with Crippen LogP contribution in [-0.2, 0) is 0 Å². The van der Waals surface area contributed by atoms with Crippen molar-refractivity contribution in [2.45, 2.75) is 6.92 Å². The zero-order valence-electron chi connectivity index (χ0n) is 11.1. The largest absolute Gasteiger partial charge is 0.276 e. The van der Waals surface area contributed by atoms with Gasteiger partial charge in [0.2, 0.25) is 0 Å². The molecule has 0 saturated carbocycles. The first-order valence-electron chi connectivity index (χ1n) is 5.79. The van der Waals surface area contributed by atoms with Crippen LogP contribution in [0.15, 0.2) is 48.5 Å². The molecular formula is C14H11N3O4. The van der Waals surface area contributed by atoms with Crippen molar-refractivity contribution in [1.29, 1.82) is 5.26 Å². The number of nitrogens with zero attached hydrogens (tertiary/aromatic N) is 3. The van der Waals surface area contributed by atoms with E-state index < -0.39 is 9.85 Å². The van der Waals surface area contributed by atoms with Crippen LogP contribution in [0.1, 0.15) is 11.1 Å². The molecule has 2 aromatic rings. The highest BCUT2D eigenvalue weighted by atomic mass is 16.6. The van der Waals surface area contributed by atoms with Crippen LogP contribution in [0.5, 0.6) is 0 Å². The highest BCUT2D eigenvalue weighted by Gasteiger charge is 2.11. The first-order valence-corrected chi connectivity index (χ1v) is 5.79. The van der Waals surface area contributed by atoms with Crippen molar-refractivity contribution >= 4 is 11.4 Å². The minimum absolute atomic E-state index is 0.274. The van der Waals surface area contributed by atoms with E-state index >= 15 is 0 Å². The van der Waals surface area contributed by atoms with Crippen molar-refractivity contribution < 1.29 is 9.85 Å². The monoisotopic (exact) mass is 285 g/mol. The van der Waals surface area contributed by atoms with Crippen LogP contribution in [0, 0.1) is 38.5 Å². The van der Waals surface area contributed by atoms with Crippen molar-refractivity contribution in [3.8, 4) is 6.07 Å². The zero-order chi connectivity index (χ0) is 15.8. The average molecular weight is 285 g/mol. The molecule has 0 N–H and O–H groups in total. The summed E-state index contributed by atoms with van der Waals surface area (Å²) in [5.74, 6) is 0. The number of nitro groups is 2. The Morgan fingerprint density at radius 1 is 0.952 bits per heavy atom. The fourth-order valence-corrected chi connectivity index (χ4v) is 1.35. The topological polar surface area (TPSA) is 110 Å². The van der Waals surface area contributed by atoms with Crippen LogP contribution in [0.2, 0.25) is 0 Å². The van der Waals surface area contributed by atoms with Gasteiger partial charge in [-0.05, 0) is 25.1 Å². The summed E-state index contributed by atoms with van der Waals surface area (Å²) in [6.07, 6.45) is 0. The average Bonchev–Trinajstić information content (AvgIpc) is 2.49. The lowest BCUT2D eigenvalue weighted by Crippen LogP contribution is -1.91. The predicted octanol–water partition coefficient (Wildman–Crippen LogP) is 3.37. The molecular weight excluding hydrogens is 274 g/mol. The van der Waals surface area contributed by atoms with Gasteiger partial charge >= 0.3 is 0 Å². The van der Waals surface area contributed by atoms with Crippen molar-refractivity contribution in [2.24, 2.45) is 0 Å². The van der Waals surface area contributed by atoms with Gasteiger partial charge in [-0.15, -0.1) is 0 Å². The summed E-state index contributed by atoms with van der Waals surface area (Å²) in [5, 5.41) is 28.7. The molecule has 7 heteroatoms. The quantitative estimate of drug-likeness (QED) is 0.620. The molecule has 0 aliphatic rings. The van der Waals surface area contributed by atoms with Crippen LogP contribution in [-0.4, -0.2) is 9.85 Å². The van der Waals surface area contributed by atoms with Crippen LogP contribution in [0.4, 0.5) is 11.4 Å². The maximum absolute atomic E-state index is 10.2. The Morgan fingerprint density at radius 2 is 1.43 bits per heavy atom. The van der Waals surface area contributed by atoms with E-state index in [9.17, 15) is 20.2 Å². The number of rotatable bonds is 2. The standard InChI is InChI=1S/C8H7N.C6H4N2O4/c1-7-2-4-8(6-9)5-3-7;9-7(10)5-2-1-3-6(4-5)8(11)12/h2-5H,1H3;1-4H. The van der Waals surface area contributed by atoms with E-state index in [2.05, 4.69) is 6.07 Å². The maximum atomic E-state index is 10.2. The van der Waals surface area contributed by atoms with Crippen molar-refractivity contribution in [3.63, 3.8) is 0 Å². The Bertz CT molecular complexity index is 661. The molecule has 0 amide bonds. The van der Waals surface area contributed by atoms with Gasteiger partial charge in [0.05, 0.1) is 27.5 Å². The predicted molar refractivity (Wildman–Crippen MR) is 75.6 cm³/mol. The highest BCUT2D eigenvalue weighted by Crippen LogP contribution is 2.18. The van der Waals surface area contributed by atoms with Gasteiger partial charge in [0.1, 0.15) is 0 Å². The van der Waals surface area contributed by atoms with E-state index in [0.717, 1.165) is 11.6 Å². The number of nitro benzene ring substituents is 2. The molecule has 0 atom stereocenters. The molecule has 2 aromatic carbocycles. The van der Waals surface area contributed by atoms with E-state index in [-0.39, 0.29) is 11.4 Å². The lowest BCUT2D eigenvalue weighted by Gasteiger charge is -1.90. The molecule has 0 unspecified atom stereocenters. The third-order valence-electron chi connectivity index (χ3n) is 2.43. The molecule has 0 aliphatic carbocycles. The molecule has 0 aromatic heterocycles. The zero-order valence-corrected chi connectivity index (χ0v) is 11.1. The summed E-state index contributed by atoms with van der Waals surface area (Å²) in [5.41, 5.74) is 1.36. The summed E-state index contributed by atoms with van der Waals surface area (Å²) in [6, 6.07) is 14.1. The molecule has 0 aliphatic heterocycles. The Labute approximate surface area is 120 Å². The fraction of sp³-hybridized carbons (Fsp3) is 0.0714. The van der Waals surface area contributed by atoms with Gasteiger partial charge in [0.15, 0.2) is 0 Å². The number of hydrogen-bond donors (Lipinski definition) is 0. The van der Waals surface area contributed by atoms with Crippen molar-refractivity contribution in [3.05, 3.63) is 79.9 Å². The van der Waals surface area contributed by atoms with Crippen molar-refractivity contribution in [1.82, 2.24) is 0 Å².